The molecule has 0 bridgehead atoms. The lowest BCUT2D eigenvalue weighted by Crippen LogP contribution is -2.26. The number of hydrogen-bond acceptors (Lipinski definition) is 1. The van der Waals surface area contributed by atoms with Crippen LogP contribution in [-0.4, -0.2) is 0 Å². The molecule has 0 aromatic carbocycles. The van der Waals surface area contributed by atoms with E-state index in [4.69, 9.17) is 0 Å². The van der Waals surface area contributed by atoms with Crippen LogP contribution in [0.4, 0.5) is 0 Å². The Morgan fingerprint density at radius 3 is 1.79 bits per heavy atom. The fraction of sp³-hybridized carbons (Fsp3) is 0.957. The van der Waals surface area contributed by atoms with Crippen LogP contribution in [0.25, 0.3) is 0 Å². The maximum Gasteiger partial charge on any atom is 0.0689 e. The first-order chi connectivity index (χ1) is 11.7. The van der Waals surface area contributed by atoms with Crippen LogP contribution in [-0.2, 0) is 0 Å². The molecular weight excluding hydrogens is 290 g/mol. The Morgan fingerprint density at radius 2 is 1.29 bits per heavy atom. The topological polar surface area (TPSA) is 23.8 Å². The molecule has 1 nitrogen and oxygen atoms in total. The molecule has 0 heterocycles. The van der Waals surface area contributed by atoms with E-state index in [2.05, 4.69) is 19.9 Å². The van der Waals surface area contributed by atoms with Crippen molar-refractivity contribution in [1.29, 1.82) is 5.26 Å². The average Bonchev–Trinajstić information content (AvgIpc) is 2.63. The van der Waals surface area contributed by atoms with Crippen LogP contribution in [0.2, 0.25) is 0 Å². The smallest absolute Gasteiger partial charge is 0.0689 e. The van der Waals surface area contributed by atoms with Crippen molar-refractivity contribution in [3.63, 3.8) is 0 Å². The molecule has 2 fully saturated rings. The molecule has 0 atom stereocenters. The van der Waals surface area contributed by atoms with Crippen LogP contribution in [0.3, 0.4) is 0 Å². The maximum atomic E-state index is 9.68. The maximum absolute atomic E-state index is 9.68. The lowest BCUT2D eigenvalue weighted by molar-refractivity contribution is 0.171. The molecule has 0 amide bonds. The van der Waals surface area contributed by atoms with Crippen molar-refractivity contribution < 1.29 is 0 Å². The molecule has 2 saturated carbocycles. The van der Waals surface area contributed by atoms with Gasteiger partial charge >= 0.3 is 0 Å². The molecule has 0 spiro atoms. The van der Waals surface area contributed by atoms with E-state index in [1.807, 2.05) is 0 Å². The second kappa shape index (κ2) is 10.5. The number of hydrogen-bond donors (Lipinski definition) is 0. The summed E-state index contributed by atoms with van der Waals surface area (Å²) in [5.41, 5.74) is 0.0455. The Balaban J connectivity index is 1.63. The highest BCUT2D eigenvalue weighted by molar-refractivity contribution is 5.01. The Hall–Kier alpha value is -0.510. The van der Waals surface area contributed by atoms with Crippen molar-refractivity contribution >= 4 is 0 Å². The minimum absolute atomic E-state index is 0.0455. The van der Waals surface area contributed by atoms with Crippen molar-refractivity contribution in [2.24, 2.45) is 23.2 Å². The van der Waals surface area contributed by atoms with Gasteiger partial charge in [0.2, 0.25) is 0 Å². The van der Waals surface area contributed by atoms with Gasteiger partial charge in [-0.2, -0.15) is 5.26 Å². The van der Waals surface area contributed by atoms with Crippen molar-refractivity contribution in [3.8, 4) is 6.07 Å². The molecule has 0 N–H and O–H groups in total. The van der Waals surface area contributed by atoms with Gasteiger partial charge in [-0.1, -0.05) is 84.5 Å². The Morgan fingerprint density at radius 1 is 0.750 bits per heavy atom. The van der Waals surface area contributed by atoms with Crippen LogP contribution >= 0.6 is 0 Å². The lowest BCUT2D eigenvalue weighted by Gasteiger charge is -2.36. The van der Waals surface area contributed by atoms with Crippen LogP contribution in [0.15, 0.2) is 0 Å². The Bertz CT molecular complexity index is 364. The highest BCUT2D eigenvalue weighted by Crippen LogP contribution is 2.44. The van der Waals surface area contributed by atoms with Gasteiger partial charge in [-0.25, -0.2) is 0 Å². The van der Waals surface area contributed by atoms with Gasteiger partial charge in [0.1, 0.15) is 0 Å². The summed E-state index contributed by atoms with van der Waals surface area (Å²) >= 11 is 0. The minimum atomic E-state index is 0.0455. The standard InChI is InChI=1S/C23H41N/c1-3-5-6-16-23(19-24)17-14-22(15-18-23)13-12-21-10-8-20(7-4-2)9-11-21/h20-22H,3-18H2,1-2H3. The van der Waals surface area contributed by atoms with E-state index in [9.17, 15) is 5.26 Å². The third-order valence-electron chi connectivity index (χ3n) is 7.20. The van der Waals surface area contributed by atoms with Gasteiger partial charge in [-0.3, -0.25) is 0 Å². The molecule has 0 aromatic heterocycles. The van der Waals surface area contributed by atoms with Gasteiger partial charge in [-0.05, 0) is 49.9 Å². The normalized spacial score (nSPS) is 34.0. The molecule has 2 aliphatic rings. The van der Waals surface area contributed by atoms with E-state index in [0.29, 0.717) is 0 Å². The van der Waals surface area contributed by atoms with Crippen LogP contribution in [0.1, 0.15) is 117 Å². The van der Waals surface area contributed by atoms with Crippen LogP contribution in [0, 0.1) is 34.5 Å². The predicted molar refractivity (Wildman–Crippen MR) is 104 cm³/mol. The van der Waals surface area contributed by atoms with Crippen molar-refractivity contribution in [2.45, 2.75) is 117 Å². The van der Waals surface area contributed by atoms with Crippen molar-refractivity contribution in [3.05, 3.63) is 0 Å². The molecule has 24 heavy (non-hydrogen) atoms. The van der Waals surface area contributed by atoms with Gasteiger partial charge in [0.25, 0.3) is 0 Å². The second-order valence-corrected chi connectivity index (χ2v) is 9.05. The van der Waals surface area contributed by atoms with Gasteiger partial charge in [0.15, 0.2) is 0 Å². The fourth-order valence-electron chi connectivity index (χ4n) is 5.34. The minimum Gasteiger partial charge on any atom is -0.198 e. The molecule has 0 unspecified atom stereocenters. The van der Waals surface area contributed by atoms with E-state index in [-0.39, 0.29) is 5.41 Å². The Labute approximate surface area is 151 Å². The third-order valence-corrected chi connectivity index (χ3v) is 7.20. The van der Waals surface area contributed by atoms with E-state index in [0.717, 1.165) is 24.2 Å². The molecule has 138 valence electrons. The molecule has 1 heteroatoms. The van der Waals surface area contributed by atoms with E-state index in [1.165, 1.54) is 96.3 Å². The summed E-state index contributed by atoms with van der Waals surface area (Å²) in [4.78, 5) is 0. The van der Waals surface area contributed by atoms with Crippen molar-refractivity contribution in [1.82, 2.24) is 0 Å². The second-order valence-electron chi connectivity index (χ2n) is 9.05. The van der Waals surface area contributed by atoms with Gasteiger partial charge < -0.3 is 0 Å². The molecular formula is C23H41N. The summed E-state index contributed by atoms with van der Waals surface area (Å²) in [6.07, 6.45) is 21.7. The van der Waals surface area contributed by atoms with Crippen LogP contribution < -0.4 is 0 Å². The lowest BCUT2D eigenvalue weighted by atomic mass is 9.67. The summed E-state index contributed by atoms with van der Waals surface area (Å²) < 4.78 is 0. The molecule has 0 saturated heterocycles. The fourth-order valence-corrected chi connectivity index (χ4v) is 5.34. The number of nitrogens with zero attached hydrogens (tertiary/aromatic N) is 1. The Kier molecular flexibility index (Phi) is 8.65. The summed E-state index contributed by atoms with van der Waals surface area (Å²) in [6.45, 7) is 4.59. The number of rotatable bonds is 9. The van der Waals surface area contributed by atoms with Gasteiger partial charge in [-0.15, -0.1) is 0 Å². The zero-order valence-electron chi connectivity index (χ0n) is 16.5. The monoisotopic (exact) mass is 331 g/mol. The first-order valence-corrected chi connectivity index (χ1v) is 11.1. The molecule has 0 aromatic rings. The SMILES string of the molecule is CCCCCC1(C#N)CCC(CCC2CCC(CCC)CC2)CC1. The largest absolute Gasteiger partial charge is 0.198 e. The molecule has 2 rings (SSSR count). The highest BCUT2D eigenvalue weighted by atomic mass is 14.4. The average molecular weight is 332 g/mol. The zero-order valence-corrected chi connectivity index (χ0v) is 16.5. The van der Waals surface area contributed by atoms with E-state index in [1.54, 1.807) is 0 Å². The number of unbranched alkanes of at least 4 members (excludes halogenated alkanes) is 2. The number of nitriles is 1. The van der Waals surface area contributed by atoms with Crippen LogP contribution in [0.5, 0.6) is 0 Å². The van der Waals surface area contributed by atoms with Crippen molar-refractivity contribution in [2.75, 3.05) is 0 Å². The first-order valence-electron chi connectivity index (χ1n) is 11.1. The van der Waals surface area contributed by atoms with E-state index >= 15 is 0 Å². The zero-order chi connectivity index (χ0) is 17.3. The van der Waals surface area contributed by atoms with Gasteiger partial charge in [0.05, 0.1) is 11.5 Å². The van der Waals surface area contributed by atoms with Gasteiger partial charge in [0, 0.05) is 0 Å². The molecule has 2 aliphatic carbocycles. The summed E-state index contributed by atoms with van der Waals surface area (Å²) in [5, 5.41) is 9.68. The summed E-state index contributed by atoms with van der Waals surface area (Å²) in [5.74, 6) is 2.98. The quantitative estimate of drug-likeness (QED) is 0.398. The first kappa shape index (κ1) is 19.8. The molecule has 0 radical (unpaired) electrons. The highest BCUT2D eigenvalue weighted by Gasteiger charge is 2.35. The molecule has 0 aliphatic heterocycles. The summed E-state index contributed by atoms with van der Waals surface area (Å²) in [7, 11) is 0. The predicted octanol–water partition coefficient (Wildman–Crippen LogP) is 7.65. The third kappa shape index (κ3) is 6.09. The van der Waals surface area contributed by atoms with E-state index < -0.39 is 0 Å². The summed E-state index contributed by atoms with van der Waals surface area (Å²) in [6, 6.07) is 2.72.